The molecule has 1 aliphatic heterocycles. The highest BCUT2D eigenvalue weighted by molar-refractivity contribution is 6.02. The van der Waals surface area contributed by atoms with Gasteiger partial charge in [-0.2, -0.15) is 0 Å². The van der Waals surface area contributed by atoms with Gasteiger partial charge in [0.05, 0.1) is 5.56 Å². The molecule has 5 heteroatoms. The molecule has 0 saturated carbocycles. The highest BCUT2D eigenvalue weighted by Gasteiger charge is 2.24. The second-order valence-electron chi connectivity index (χ2n) is 8.71. The van der Waals surface area contributed by atoms with E-state index in [2.05, 4.69) is 40.7 Å². The number of anilines is 1. The van der Waals surface area contributed by atoms with Gasteiger partial charge in [0.1, 0.15) is 5.75 Å². The van der Waals surface area contributed by atoms with E-state index in [0.29, 0.717) is 5.56 Å². The quantitative estimate of drug-likeness (QED) is 0.523. The van der Waals surface area contributed by atoms with E-state index in [1.165, 1.54) is 24.2 Å². The van der Waals surface area contributed by atoms with E-state index in [1.54, 1.807) is 12.1 Å². The van der Waals surface area contributed by atoms with Crippen LogP contribution in [0.1, 0.15) is 53.5 Å². The van der Waals surface area contributed by atoms with Crippen molar-refractivity contribution in [3.63, 3.8) is 0 Å². The third-order valence-electron chi connectivity index (χ3n) is 6.55. The molecule has 1 fully saturated rings. The van der Waals surface area contributed by atoms with Crippen molar-refractivity contribution in [2.45, 2.75) is 52.5 Å². The molecular formula is C27H33N3O2. The number of benzene rings is 2. The fraction of sp³-hybridized carbons (Fsp3) is 0.370. The summed E-state index contributed by atoms with van der Waals surface area (Å²) in [5.41, 5.74) is 13.1. The van der Waals surface area contributed by atoms with Gasteiger partial charge in [-0.15, -0.1) is 0 Å². The van der Waals surface area contributed by atoms with Crippen LogP contribution in [0.15, 0.2) is 48.5 Å². The summed E-state index contributed by atoms with van der Waals surface area (Å²) in [5.74, 6) is -0.102. The number of phenolic OH excluding ortho intramolecular Hbond substituents is 1. The first-order valence-electron chi connectivity index (χ1n) is 11.6. The number of nitrogens with zero attached hydrogens (tertiary/aromatic N) is 2. The van der Waals surface area contributed by atoms with E-state index in [9.17, 15) is 9.90 Å². The zero-order valence-electron chi connectivity index (χ0n) is 19.1. The van der Waals surface area contributed by atoms with Crippen molar-refractivity contribution in [3.8, 4) is 16.9 Å². The summed E-state index contributed by atoms with van der Waals surface area (Å²) in [6, 6.07) is 15.9. The summed E-state index contributed by atoms with van der Waals surface area (Å²) in [7, 11) is 0. The van der Waals surface area contributed by atoms with E-state index in [4.69, 9.17) is 5.73 Å². The first kappa shape index (κ1) is 22.0. The number of phenols is 1. The zero-order valence-corrected chi connectivity index (χ0v) is 19.1. The van der Waals surface area contributed by atoms with Crippen molar-refractivity contribution in [2.24, 2.45) is 5.73 Å². The van der Waals surface area contributed by atoms with Crippen LogP contribution in [0.3, 0.4) is 0 Å². The molecule has 0 unspecified atom stereocenters. The Kier molecular flexibility index (Phi) is 6.54. The van der Waals surface area contributed by atoms with Crippen molar-refractivity contribution >= 4 is 11.6 Å². The van der Waals surface area contributed by atoms with Gasteiger partial charge in [-0.1, -0.05) is 37.6 Å². The van der Waals surface area contributed by atoms with Crippen LogP contribution in [0.2, 0.25) is 0 Å². The molecule has 32 heavy (non-hydrogen) atoms. The molecule has 5 nitrogen and oxygen atoms in total. The molecule has 4 rings (SSSR count). The Hall–Kier alpha value is -3.21. The van der Waals surface area contributed by atoms with E-state index in [1.807, 2.05) is 19.1 Å². The Bertz CT molecular complexity index is 1080. The zero-order chi connectivity index (χ0) is 22.7. The molecule has 2 aromatic carbocycles. The van der Waals surface area contributed by atoms with E-state index in [-0.39, 0.29) is 11.7 Å². The molecule has 0 spiro atoms. The Labute approximate surface area is 190 Å². The van der Waals surface area contributed by atoms with Crippen molar-refractivity contribution in [1.29, 1.82) is 0 Å². The molecule has 0 radical (unpaired) electrons. The van der Waals surface area contributed by atoms with Crippen LogP contribution in [0.4, 0.5) is 5.69 Å². The molecule has 1 amide bonds. The smallest absolute Gasteiger partial charge is 0.251 e. The molecule has 1 saturated heterocycles. The SMILES string of the molecule is CCCc1c(-c2ccc(N3CCCC3)cc2)c(C(N)=O)c(C)n1CCc1ccc(O)cc1. The third kappa shape index (κ3) is 4.38. The van der Waals surface area contributed by atoms with Crippen molar-refractivity contribution in [1.82, 2.24) is 4.57 Å². The van der Waals surface area contributed by atoms with Gasteiger partial charge in [-0.25, -0.2) is 0 Å². The minimum absolute atomic E-state index is 0.272. The minimum atomic E-state index is -0.373. The second-order valence-corrected chi connectivity index (χ2v) is 8.71. The number of rotatable bonds is 8. The summed E-state index contributed by atoms with van der Waals surface area (Å²) >= 11 is 0. The largest absolute Gasteiger partial charge is 0.508 e. The van der Waals surface area contributed by atoms with Gasteiger partial charge in [0.2, 0.25) is 0 Å². The summed E-state index contributed by atoms with van der Waals surface area (Å²) in [6.45, 7) is 7.15. The summed E-state index contributed by atoms with van der Waals surface area (Å²) in [6.07, 6.45) is 5.18. The van der Waals surface area contributed by atoms with Gasteiger partial charge in [0.15, 0.2) is 0 Å². The van der Waals surface area contributed by atoms with E-state index in [0.717, 1.165) is 61.3 Å². The normalized spacial score (nSPS) is 13.6. The maximum atomic E-state index is 12.5. The van der Waals surface area contributed by atoms with Gasteiger partial charge in [-0.3, -0.25) is 4.79 Å². The number of aromatic nitrogens is 1. The van der Waals surface area contributed by atoms with Crippen molar-refractivity contribution in [3.05, 3.63) is 71.0 Å². The van der Waals surface area contributed by atoms with Crippen molar-refractivity contribution in [2.75, 3.05) is 18.0 Å². The Morgan fingerprint density at radius 2 is 1.66 bits per heavy atom. The number of carbonyl (C=O) groups is 1. The third-order valence-corrected chi connectivity index (χ3v) is 6.55. The van der Waals surface area contributed by atoms with Crippen LogP contribution >= 0.6 is 0 Å². The molecule has 168 valence electrons. The van der Waals surface area contributed by atoms with E-state index >= 15 is 0 Å². The monoisotopic (exact) mass is 431 g/mol. The predicted octanol–water partition coefficient (Wildman–Crippen LogP) is 5.06. The fourth-order valence-corrected chi connectivity index (χ4v) is 4.93. The van der Waals surface area contributed by atoms with Crippen LogP contribution in [-0.2, 0) is 19.4 Å². The molecule has 0 aliphatic carbocycles. The Balaban J connectivity index is 1.72. The maximum absolute atomic E-state index is 12.5. The molecule has 2 heterocycles. The minimum Gasteiger partial charge on any atom is -0.508 e. The molecule has 1 aromatic heterocycles. The number of hydrogen-bond acceptors (Lipinski definition) is 3. The molecule has 3 N–H and O–H groups in total. The molecule has 0 bridgehead atoms. The predicted molar refractivity (Wildman–Crippen MR) is 130 cm³/mol. The number of amides is 1. The fourth-order valence-electron chi connectivity index (χ4n) is 4.93. The lowest BCUT2D eigenvalue weighted by molar-refractivity contribution is 0.1000. The highest BCUT2D eigenvalue weighted by Crippen LogP contribution is 2.35. The molecule has 0 atom stereocenters. The summed E-state index contributed by atoms with van der Waals surface area (Å²) < 4.78 is 2.26. The lowest BCUT2D eigenvalue weighted by Gasteiger charge is -2.18. The van der Waals surface area contributed by atoms with Crippen LogP contribution in [0, 0.1) is 6.92 Å². The Morgan fingerprint density at radius 1 is 1.00 bits per heavy atom. The van der Waals surface area contributed by atoms with Crippen molar-refractivity contribution < 1.29 is 9.90 Å². The van der Waals surface area contributed by atoms with Crippen LogP contribution in [0.5, 0.6) is 5.75 Å². The lowest BCUT2D eigenvalue weighted by Crippen LogP contribution is -2.17. The first-order valence-corrected chi connectivity index (χ1v) is 11.6. The van der Waals surface area contributed by atoms with Crippen LogP contribution in [0.25, 0.3) is 11.1 Å². The summed E-state index contributed by atoms with van der Waals surface area (Å²) in [5, 5.41) is 9.56. The highest BCUT2D eigenvalue weighted by atomic mass is 16.3. The number of nitrogens with two attached hydrogens (primary N) is 1. The number of aryl methyl sites for hydroxylation is 1. The molecule has 3 aromatic rings. The Morgan fingerprint density at radius 3 is 2.25 bits per heavy atom. The van der Waals surface area contributed by atoms with Gasteiger partial charge in [0, 0.05) is 42.3 Å². The first-order chi connectivity index (χ1) is 15.5. The lowest BCUT2D eigenvalue weighted by atomic mass is 9.97. The number of carbonyl (C=O) groups excluding carboxylic acids is 1. The molecule has 1 aliphatic rings. The second kappa shape index (κ2) is 9.51. The maximum Gasteiger partial charge on any atom is 0.251 e. The standard InChI is InChI=1S/C27H33N3O2/c1-3-6-24-26(21-9-11-22(12-10-21)29-16-4-5-17-29)25(27(28)32)19(2)30(24)18-15-20-7-13-23(31)14-8-20/h7-14,31H,3-6,15-18H2,1-2H3,(H2,28,32). The van der Waals surface area contributed by atoms with Gasteiger partial charge < -0.3 is 20.3 Å². The van der Waals surface area contributed by atoms with E-state index < -0.39 is 0 Å². The van der Waals surface area contributed by atoms with Gasteiger partial charge in [0.25, 0.3) is 5.91 Å². The number of aromatic hydroxyl groups is 1. The average Bonchev–Trinajstić information content (AvgIpc) is 3.41. The number of hydrogen-bond donors (Lipinski definition) is 2. The van der Waals surface area contributed by atoms with Crippen LogP contribution in [-0.4, -0.2) is 28.7 Å². The molecular weight excluding hydrogens is 398 g/mol. The summed E-state index contributed by atoms with van der Waals surface area (Å²) in [4.78, 5) is 15.0. The van der Waals surface area contributed by atoms with Gasteiger partial charge >= 0.3 is 0 Å². The topological polar surface area (TPSA) is 71.5 Å². The average molecular weight is 432 g/mol. The number of primary amides is 1. The van der Waals surface area contributed by atoms with Gasteiger partial charge in [-0.05, 0) is 68.0 Å². The van der Waals surface area contributed by atoms with Crippen LogP contribution < -0.4 is 10.6 Å².